The number of nitrogens with zero attached hydrogens (tertiary/aromatic N) is 2. The molecule has 1 aromatic rings. The van der Waals surface area contributed by atoms with Crippen LogP contribution >= 0.6 is 11.3 Å². The van der Waals surface area contributed by atoms with Gasteiger partial charge in [0.2, 0.25) is 11.8 Å². The highest BCUT2D eigenvalue weighted by Gasteiger charge is 2.31. The average Bonchev–Trinajstić information content (AvgIpc) is 2.71. The summed E-state index contributed by atoms with van der Waals surface area (Å²) in [5, 5.41) is 2.84. The highest BCUT2D eigenvalue weighted by atomic mass is 32.1. The summed E-state index contributed by atoms with van der Waals surface area (Å²) in [4.78, 5) is 29.3. The maximum atomic E-state index is 11.7. The van der Waals surface area contributed by atoms with Crippen LogP contribution in [-0.2, 0) is 16.1 Å². The number of piperazine rings is 1. The van der Waals surface area contributed by atoms with Crippen molar-refractivity contribution >= 4 is 23.2 Å². The molecule has 1 N–H and O–H groups in total. The highest BCUT2D eigenvalue weighted by Crippen LogP contribution is 2.12. The molecule has 80 valence electrons. The van der Waals surface area contributed by atoms with Crippen LogP contribution < -0.4 is 5.32 Å². The zero-order valence-electron chi connectivity index (χ0n) is 8.27. The standard InChI is InChI=1S/C9H11N3O2S/c1-6-9(14)12(8(13)3-11-6)4-7-2-10-5-15-7/h2,5-6,11H,3-4H2,1H3. The van der Waals surface area contributed by atoms with Crippen molar-refractivity contribution in [1.29, 1.82) is 0 Å². The molecule has 2 heterocycles. The number of imide groups is 1. The van der Waals surface area contributed by atoms with Gasteiger partial charge in [-0.3, -0.25) is 24.8 Å². The van der Waals surface area contributed by atoms with Crippen molar-refractivity contribution in [3.8, 4) is 0 Å². The minimum Gasteiger partial charge on any atom is -0.298 e. The molecule has 0 radical (unpaired) electrons. The van der Waals surface area contributed by atoms with Crippen molar-refractivity contribution in [3.63, 3.8) is 0 Å². The first kappa shape index (κ1) is 10.3. The molecule has 1 atom stereocenters. The maximum absolute atomic E-state index is 11.7. The van der Waals surface area contributed by atoms with Crippen LogP contribution in [0, 0.1) is 0 Å². The van der Waals surface area contributed by atoms with Gasteiger partial charge in [-0.1, -0.05) is 0 Å². The van der Waals surface area contributed by atoms with E-state index in [4.69, 9.17) is 0 Å². The Morgan fingerprint density at radius 2 is 2.47 bits per heavy atom. The van der Waals surface area contributed by atoms with E-state index >= 15 is 0 Å². The smallest absolute Gasteiger partial charge is 0.246 e. The maximum Gasteiger partial charge on any atom is 0.246 e. The molecule has 15 heavy (non-hydrogen) atoms. The Morgan fingerprint density at radius 3 is 3.13 bits per heavy atom. The van der Waals surface area contributed by atoms with Crippen molar-refractivity contribution in [1.82, 2.24) is 15.2 Å². The molecule has 1 aliphatic rings. The summed E-state index contributed by atoms with van der Waals surface area (Å²) in [5.74, 6) is -0.342. The zero-order chi connectivity index (χ0) is 10.8. The Labute approximate surface area is 91.1 Å². The molecular weight excluding hydrogens is 214 g/mol. The minimum atomic E-state index is -0.282. The molecule has 2 rings (SSSR count). The molecule has 0 saturated carbocycles. The van der Waals surface area contributed by atoms with Crippen LogP contribution in [0.2, 0.25) is 0 Å². The van der Waals surface area contributed by atoms with Crippen molar-refractivity contribution < 1.29 is 9.59 Å². The summed E-state index contributed by atoms with van der Waals surface area (Å²) in [6, 6.07) is -0.282. The summed E-state index contributed by atoms with van der Waals surface area (Å²) in [6.07, 6.45) is 1.68. The number of hydrogen-bond donors (Lipinski definition) is 1. The molecule has 2 amide bonds. The molecule has 0 aliphatic carbocycles. The molecule has 6 heteroatoms. The van der Waals surface area contributed by atoms with Crippen LogP contribution in [-0.4, -0.2) is 34.3 Å². The summed E-state index contributed by atoms with van der Waals surface area (Å²) in [6.45, 7) is 2.33. The Kier molecular flexibility index (Phi) is 2.79. The number of carbonyl (C=O) groups excluding carboxylic acids is 2. The van der Waals surface area contributed by atoms with Gasteiger partial charge in [0.25, 0.3) is 0 Å². The number of carbonyl (C=O) groups is 2. The van der Waals surface area contributed by atoms with Crippen molar-refractivity contribution in [2.75, 3.05) is 6.54 Å². The number of hydrogen-bond acceptors (Lipinski definition) is 5. The number of rotatable bonds is 2. The van der Waals surface area contributed by atoms with Crippen LogP contribution in [0.4, 0.5) is 0 Å². The molecular formula is C9H11N3O2S. The lowest BCUT2D eigenvalue weighted by Crippen LogP contribution is -2.56. The molecule has 0 aromatic carbocycles. The number of thiazole rings is 1. The zero-order valence-corrected chi connectivity index (χ0v) is 9.08. The first-order valence-corrected chi connectivity index (χ1v) is 5.51. The van der Waals surface area contributed by atoms with E-state index in [0.717, 1.165) is 4.88 Å². The SMILES string of the molecule is CC1NCC(=O)N(Cc2cncs2)C1=O. The normalized spacial score (nSPS) is 22.2. The fourth-order valence-electron chi connectivity index (χ4n) is 1.42. The number of nitrogens with one attached hydrogen (secondary N) is 1. The number of aromatic nitrogens is 1. The third-order valence-electron chi connectivity index (χ3n) is 2.29. The molecule has 1 saturated heterocycles. The Hall–Kier alpha value is -1.27. The Balaban J connectivity index is 2.12. The van der Waals surface area contributed by atoms with Crippen molar-refractivity contribution in [2.45, 2.75) is 19.5 Å². The van der Waals surface area contributed by atoms with Gasteiger partial charge >= 0.3 is 0 Å². The molecule has 1 unspecified atom stereocenters. The monoisotopic (exact) mass is 225 g/mol. The van der Waals surface area contributed by atoms with E-state index in [2.05, 4.69) is 10.3 Å². The van der Waals surface area contributed by atoms with Gasteiger partial charge in [-0.15, -0.1) is 11.3 Å². The fraction of sp³-hybridized carbons (Fsp3) is 0.444. The Bertz CT molecular complexity index is 377. The quantitative estimate of drug-likeness (QED) is 0.719. The van der Waals surface area contributed by atoms with Gasteiger partial charge in [0.1, 0.15) is 0 Å². The lowest BCUT2D eigenvalue weighted by Gasteiger charge is -2.29. The predicted molar refractivity (Wildman–Crippen MR) is 55.1 cm³/mol. The summed E-state index contributed by atoms with van der Waals surface area (Å²) in [5.41, 5.74) is 1.69. The highest BCUT2D eigenvalue weighted by molar-refractivity contribution is 7.09. The molecule has 0 spiro atoms. The van der Waals surface area contributed by atoms with Gasteiger partial charge < -0.3 is 0 Å². The molecule has 0 bridgehead atoms. The van der Waals surface area contributed by atoms with Gasteiger partial charge in [-0.2, -0.15) is 0 Å². The average molecular weight is 225 g/mol. The fourth-order valence-corrected chi connectivity index (χ4v) is 2.00. The van der Waals surface area contributed by atoms with Crippen molar-refractivity contribution in [3.05, 3.63) is 16.6 Å². The second kappa shape index (κ2) is 4.08. The third-order valence-corrected chi connectivity index (χ3v) is 3.06. The van der Waals surface area contributed by atoms with Crippen molar-refractivity contribution in [2.24, 2.45) is 0 Å². The number of amides is 2. The Morgan fingerprint density at radius 1 is 1.67 bits per heavy atom. The second-order valence-corrected chi connectivity index (χ2v) is 4.36. The van der Waals surface area contributed by atoms with Crippen LogP contribution in [0.1, 0.15) is 11.8 Å². The van der Waals surface area contributed by atoms with Gasteiger partial charge in [0.15, 0.2) is 0 Å². The summed E-state index contributed by atoms with van der Waals surface area (Å²) in [7, 11) is 0. The summed E-state index contributed by atoms with van der Waals surface area (Å²) < 4.78 is 0. The molecule has 1 aromatic heterocycles. The predicted octanol–water partition coefficient (Wildman–Crippen LogP) is -0.0100. The van der Waals surface area contributed by atoms with E-state index in [9.17, 15) is 9.59 Å². The van der Waals surface area contributed by atoms with E-state index in [0.29, 0.717) is 6.54 Å². The van der Waals surface area contributed by atoms with Gasteiger partial charge in [0.05, 0.1) is 24.6 Å². The van der Waals surface area contributed by atoms with E-state index in [1.807, 2.05) is 0 Å². The van der Waals surface area contributed by atoms with Crippen LogP contribution in [0.3, 0.4) is 0 Å². The molecule has 1 fully saturated rings. The largest absolute Gasteiger partial charge is 0.298 e. The third kappa shape index (κ3) is 2.05. The van der Waals surface area contributed by atoms with Crippen LogP contribution in [0.25, 0.3) is 0 Å². The van der Waals surface area contributed by atoms with E-state index in [1.165, 1.54) is 16.2 Å². The van der Waals surface area contributed by atoms with Gasteiger partial charge in [0, 0.05) is 11.1 Å². The topological polar surface area (TPSA) is 62.3 Å². The van der Waals surface area contributed by atoms with E-state index in [1.54, 1.807) is 18.6 Å². The van der Waals surface area contributed by atoms with Gasteiger partial charge in [-0.25, -0.2) is 0 Å². The van der Waals surface area contributed by atoms with Gasteiger partial charge in [-0.05, 0) is 6.92 Å². The second-order valence-electron chi connectivity index (χ2n) is 3.39. The first-order valence-electron chi connectivity index (χ1n) is 4.63. The lowest BCUT2D eigenvalue weighted by molar-refractivity contribution is -0.149. The lowest BCUT2D eigenvalue weighted by atomic mass is 10.2. The van der Waals surface area contributed by atoms with Crippen LogP contribution in [0.5, 0.6) is 0 Å². The van der Waals surface area contributed by atoms with E-state index in [-0.39, 0.29) is 24.4 Å². The molecule has 5 nitrogen and oxygen atoms in total. The van der Waals surface area contributed by atoms with E-state index < -0.39 is 0 Å². The summed E-state index contributed by atoms with van der Waals surface area (Å²) >= 11 is 1.44. The molecule has 1 aliphatic heterocycles. The minimum absolute atomic E-state index is 0.167. The van der Waals surface area contributed by atoms with Crippen LogP contribution in [0.15, 0.2) is 11.7 Å². The first-order chi connectivity index (χ1) is 7.18.